The highest BCUT2D eigenvalue weighted by molar-refractivity contribution is 7.99. The van der Waals surface area contributed by atoms with Crippen molar-refractivity contribution in [3.05, 3.63) is 30.9 Å². The lowest BCUT2D eigenvalue weighted by atomic mass is 10.6. The highest BCUT2D eigenvalue weighted by atomic mass is 32.2. The van der Waals surface area contributed by atoms with Crippen LogP contribution < -0.4 is 5.73 Å². The third-order valence-electron chi connectivity index (χ3n) is 1.37. The minimum atomic E-state index is 0.545. The molecule has 0 aromatic carbocycles. The van der Waals surface area contributed by atoms with Gasteiger partial charge in [0.2, 0.25) is 0 Å². The maximum Gasteiger partial charge on any atom is 0.195 e. The van der Waals surface area contributed by atoms with Crippen molar-refractivity contribution < 1.29 is 0 Å². The molecule has 0 aliphatic heterocycles. The summed E-state index contributed by atoms with van der Waals surface area (Å²) >= 11 is 1.30. The lowest BCUT2D eigenvalue weighted by Crippen LogP contribution is -1.92. The number of aromatic nitrogens is 4. The molecular weight excluding hydrogens is 198 g/mol. The average molecular weight is 205 g/mol. The van der Waals surface area contributed by atoms with Gasteiger partial charge >= 0.3 is 0 Å². The van der Waals surface area contributed by atoms with Gasteiger partial charge in [0.1, 0.15) is 0 Å². The summed E-state index contributed by atoms with van der Waals surface area (Å²) in [5.41, 5.74) is 6.00. The quantitative estimate of drug-likeness (QED) is 0.737. The first kappa shape index (κ1) is 8.89. The number of hydrogen-bond acceptors (Lipinski definition) is 6. The number of anilines is 1. The summed E-state index contributed by atoms with van der Waals surface area (Å²) in [6, 6.07) is 1.76. The Kier molecular flexibility index (Phi) is 2.55. The molecule has 0 saturated carbocycles. The van der Waals surface area contributed by atoms with E-state index in [2.05, 4.69) is 19.9 Å². The second-order valence-corrected chi connectivity index (χ2v) is 3.37. The van der Waals surface area contributed by atoms with Gasteiger partial charge in [-0.3, -0.25) is 0 Å². The van der Waals surface area contributed by atoms with Crippen LogP contribution in [0.15, 0.2) is 41.2 Å². The first-order valence-electron chi connectivity index (χ1n) is 3.87. The summed E-state index contributed by atoms with van der Waals surface area (Å²) in [5, 5.41) is 1.21. The van der Waals surface area contributed by atoms with Crippen molar-refractivity contribution >= 4 is 17.4 Å². The van der Waals surface area contributed by atoms with Gasteiger partial charge in [-0.25, -0.2) is 19.9 Å². The van der Waals surface area contributed by atoms with Crippen LogP contribution in [0.5, 0.6) is 0 Å². The molecule has 2 heterocycles. The topological polar surface area (TPSA) is 77.6 Å². The number of hydrogen-bond donors (Lipinski definition) is 1. The van der Waals surface area contributed by atoms with Gasteiger partial charge in [0.25, 0.3) is 0 Å². The third kappa shape index (κ3) is 2.17. The van der Waals surface area contributed by atoms with Crippen LogP contribution in [-0.4, -0.2) is 19.9 Å². The van der Waals surface area contributed by atoms with E-state index in [4.69, 9.17) is 5.73 Å². The third-order valence-corrected chi connectivity index (χ3v) is 2.16. The molecular formula is C8H7N5S. The van der Waals surface area contributed by atoms with Gasteiger partial charge in [-0.05, 0) is 17.8 Å². The molecule has 2 aromatic rings. The fraction of sp³-hybridized carbons (Fsp3) is 0. The van der Waals surface area contributed by atoms with Crippen molar-refractivity contribution in [1.29, 1.82) is 0 Å². The summed E-state index contributed by atoms with van der Waals surface area (Å²) in [6.45, 7) is 0. The van der Waals surface area contributed by atoms with Gasteiger partial charge in [0.05, 0.1) is 18.1 Å². The smallest absolute Gasteiger partial charge is 0.195 e. The Morgan fingerprint density at radius 1 is 0.929 bits per heavy atom. The predicted molar refractivity (Wildman–Crippen MR) is 52.6 cm³/mol. The first-order valence-corrected chi connectivity index (χ1v) is 4.68. The lowest BCUT2D eigenvalue weighted by molar-refractivity contribution is 0.928. The largest absolute Gasteiger partial charge is 0.396 e. The SMILES string of the molecule is Nc1cnc(Sc2ncccn2)nc1. The van der Waals surface area contributed by atoms with Crippen molar-refractivity contribution in [1.82, 2.24) is 19.9 Å². The van der Waals surface area contributed by atoms with Gasteiger partial charge in [0, 0.05) is 12.4 Å². The second kappa shape index (κ2) is 4.01. The van der Waals surface area contributed by atoms with E-state index in [1.807, 2.05) is 0 Å². The Hall–Kier alpha value is -1.69. The van der Waals surface area contributed by atoms with E-state index < -0.39 is 0 Å². The zero-order chi connectivity index (χ0) is 9.80. The second-order valence-electron chi connectivity index (χ2n) is 2.43. The molecule has 2 N–H and O–H groups in total. The molecule has 0 amide bonds. The maximum atomic E-state index is 5.45. The Morgan fingerprint density at radius 2 is 1.50 bits per heavy atom. The average Bonchev–Trinajstić information content (AvgIpc) is 2.23. The summed E-state index contributed by atoms with van der Waals surface area (Å²) in [6.07, 6.45) is 6.45. The van der Waals surface area contributed by atoms with Crippen molar-refractivity contribution in [2.75, 3.05) is 5.73 Å². The number of rotatable bonds is 2. The van der Waals surface area contributed by atoms with Gasteiger partial charge in [-0.2, -0.15) is 0 Å². The van der Waals surface area contributed by atoms with E-state index in [9.17, 15) is 0 Å². The molecule has 0 saturated heterocycles. The van der Waals surface area contributed by atoms with Crippen LogP contribution in [0.1, 0.15) is 0 Å². The van der Waals surface area contributed by atoms with Crippen molar-refractivity contribution in [3.63, 3.8) is 0 Å². The predicted octanol–water partition coefficient (Wildman–Crippen LogP) is 1.00. The number of nitrogens with two attached hydrogens (primary N) is 1. The molecule has 2 rings (SSSR count). The first-order chi connectivity index (χ1) is 6.84. The van der Waals surface area contributed by atoms with Gasteiger partial charge in [-0.1, -0.05) is 0 Å². The van der Waals surface area contributed by atoms with E-state index in [1.165, 1.54) is 11.8 Å². The molecule has 0 aliphatic carbocycles. The molecule has 0 spiro atoms. The molecule has 0 unspecified atom stereocenters. The van der Waals surface area contributed by atoms with Crippen molar-refractivity contribution in [2.45, 2.75) is 10.3 Å². The van der Waals surface area contributed by atoms with E-state index in [0.717, 1.165) is 0 Å². The highest BCUT2D eigenvalue weighted by Crippen LogP contribution is 2.19. The number of nitrogens with zero attached hydrogens (tertiary/aromatic N) is 4. The Balaban J connectivity index is 2.16. The van der Waals surface area contributed by atoms with Crippen LogP contribution >= 0.6 is 11.8 Å². The Labute approximate surface area is 84.8 Å². The van der Waals surface area contributed by atoms with Crippen LogP contribution in [0.2, 0.25) is 0 Å². The minimum Gasteiger partial charge on any atom is -0.396 e. The number of nitrogen functional groups attached to an aromatic ring is 1. The molecule has 5 nitrogen and oxygen atoms in total. The summed E-state index contributed by atoms with van der Waals surface area (Å²) in [4.78, 5) is 16.1. The normalized spacial score (nSPS) is 10.0. The monoisotopic (exact) mass is 205 g/mol. The van der Waals surface area contributed by atoms with Crippen molar-refractivity contribution in [3.8, 4) is 0 Å². The van der Waals surface area contributed by atoms with E-state index in [-0.39, 0.29) is 0 Å². The zero-order valence-corrected chi connectivity index (χ0v) is 7.98. The fourth-order valence-corrected chi connectivity index (χ4v) is 1.40. The van der Waals surface area contributed by atoms with Crippen LogP contribution in [-0.2, 0) is 0 Å². The summed E-state index contributed by atoms with van der Waals surface area (Å²) in [7, 11) is 0. The molecule has 14 heavy (non-hydrogen) atoms. The molecule has 6 heteroatoms. The standard InChI is InChI=1S/C8H7N5S/c9-6-4-12-8(13-5-6)14-7-10-2-1-3-11-7/h1-5H,9H2. The molecule has 0 aliphatic rings. The van der Waals surface area contributed by atoms with E-state index >= 15 is 0 Å². The fourth-order valence-electron chi connectivity index (χ4n) is 0.799. The molecule has 0 fully saturated rings. The van der Waals surface area contributed by atoms with E-state index in [0.29, 0.717) is 16.0 Å². The molecule has 0 bridgehead atoms. The molecule has 70 valence electrons. The van der Waals surface area contributed by atoms with Gasteiger partial charge in [0.15, 0.2) is 10.3 Å². The maximum absolute atomic E-state index is 5.45. The van der Waals surface area contributed by atoms with Crippen LogP contribution in [0, 0.1) is 0 Å². The highest BCUT2D eigenvalue weighted by Gasteiger charge is 2.01. The van der Waals surface area contributed by atoms with Crippen LogP contribution in [0.25, 0.3) is 0 Å². The van der Waals surface area contributed by atoms with Crippen LogP contribution in [0.3, 0.4) is 0 Å². The van der Waals surface area contributed by atoms with Gasteiger partial charge < -0.3 is 5.73 Å². The Morgan fingerprint density at radius 3 is 2.14 bits per heavy atom. The molecule has 0 atom stereocenters. The van der Waals surface area contributed by atoms with Crippen molar-refractivity contribution in [2.24, 2.45) is 0 Å². The van der Waals surface area contributed by atoms with Gasteiger partial charge in [-0.15, -0.1) is 0 Å². The Bertz CT molecular complexity index is 402. The zero-order valence-electron chi connectivity index (χ0n) is 7.16. The summed E-state index contributed by atoms with van der Waals surface area (Å²) in [5.74, 6) is 0. The minimum absolute atomic E-state index is 0.545. The van der Waals surface area contributed by atoms with E-state index in [1.54, 1.807) is 30.9 Å². The lowest BCUT2D eigenvalue weighted by Gasteiger charge is -1.97. The summed E-state index contributed by atoms with van der Waals surface area (Å²) < 4.78 is 0. The van der Waals surface area contributed by atoms with Crippen LogP contribution in [0.4, 0.5) is 5.69 Å². The molecule has 2 aromatic heterocycles. The molecule has 0 radical (unpaired) electrons.